The third-order valence-corrected chi connectivity index (χ3v) is 1.91. The number of rotatable bonds is 1. The molecule has 0 spiro atoms. The highest BCUT2D eigenvalue weighted by molar-refractivity contribution is 5.88. The number of aromatic nitrogens is 2. The molecular formula is C9H9N3O. The molecule has 0 atom stereocenters. The number of anilines is 1. The van der Waals surface area contributed by atoms with Gasteiger partial charge in [0.15, 0.2) is 0 Å². The van der Waals surface area contributed by atoms with Gasteiger partial charge in [-0.25, -0.2) is 9.97 Å². The van der Waals surface area contributed by atoms with Crippen molar-refractivity contribution in [1.29, 1.82) is 0 Å². The van der Waals surface area contributed by atoms with Crippen LogP contribution in [-0.2, 0) is 6.61 Å². The van der Waals surface area contributed by atoms with Crippen molar-refractivity contribution < 1.29 is 5.11 Å². The Morgan fingerprint density at radius 1 is 1.31 bits per heavy atom. The van der Waals surface area contributed by atoms with Crippen molar-refractivity contribution >= 4 is 16.7 Å². The van der Waals surface area contributed by atoms with E-state index in [9.17, 15) is 0 Å². The van der Waals surface area contributed by atoms with E-state index in [2.05, 4.69) is 9.97 Å². The molecule has 0 aliphatic rings. The lowest BCUT2D eigenvalue weighted by molar-refractivity contribution is 0.282. The van der Waals surface area contributed by atoms with Gasteiger partial charge >= 0.3 is 0 Å². The van der Waals surface area contributed by atoms with Gasteiger partial charge in [0.1, 0.15) is 12.1 Å². The molecule has 0 aliphatic heterocycles. The Labute approximate surface area is 75.1 Å². The first-order valence-corrected chi connectivity index (χ1v) is 3.91. The van der Waals surface area contributed by atoms with E-state index >= 15 is 0 Å². The monoisotopic (exact) mass is 175 g/mol. The van der Waals surface area contributed by atoms with E-state index < -0.39 is 0 Å². The minimum atomic E-state index is 0.00424. The predicted octanol–water partition coefficient (Wildman–Crippen LogP) is 0.704. The number of aliphatic hydroxyl groups excluding tert-OH is 1. The van der Waals surface area contributed by atoms with Crippen molar-refractivity contribution in [3.05, 3.63) is 30.1 Å². The van der Waals surface area contributed by atoms with Crippen molar-refractivity contribution in [2.75, 3.05) is 5.73 Å². The summed E-state index contributed by atoms with van der Waals surface area (Å²) in [6.45, 7) is 0.00424. The van der Waals surface area contributed by atoms with Crippen LogP contribution in [0, 0.1) is 0 Å². The average Bonchev–Trinajstić information content (AvgIpc) is 2.18. The SMILES string of the molecule is Nc1ncnc2ccc(CO)cc12. The van der Waals surface area contributed by atoms with Crippen molar-refractivity contribution in [3.63, 3.8) is 0 Å². The van der Waals surface area contributed by atoms with Crippen molar-refractivity contribution in [2.24, 2.45) is 0 Å². The van der Waals surface area contributed by atoms with Crippen molar-refractivity contribution in [1.82, 2.24) is 9.97 Å². The Kier molecular flexibility index (Phi) is 1.83. The Morgan fingerprint density at radius 3 is 2.92 bits per heavy atom. The molecule has 2 rings (SSSR count). The largest absolute Gasteiger partial charge is 0.392 e. The summed E-state index contributed by atoms with van der Waals surface area (Å²) in [5.41, 5.74) is 7.26. The number of nitrogens with two attached hydrogens (primary N) is 1. The quantitative estimate of drug-likeness (QED) is 0.669. The number of nitrogen functional groups attached to an aromatic ring is 1. The van der Waals surface area contributed by atoms with Gasteiger partial charge in [0.05, 0.1) is 12.1 Å². The molecule has 0 aliphatic carbocycles. The van der Waals surface area contributed by atoms with E-state index in [0.29, 0.717) is 5.82 Å². The number of fused-ring (bicyclic) bond motifs is 1. The molecule has 1 heterocycles. The molecule has 3 N–H and O–H groups in total. The van der Waals surface area contributed by atoms with Crippen LogP contribution in [0.2, 0.25) is 0 Å². The first kappa shape index (κ1) is 7.94. The van der Waals surface area contributed by atoms with Crippen LogP contribution in [0.5, 0.6) is 0 Å². The Hall–Kier alpha value is -1.68. The zero-order valence-electron chi connectivity index (χ0n) is 6.94. The van der Waals surface area contributed by atoms with Gasteiger partial charge in [0, 0.05) is 5.39 Å². The smallest absolute Gasteiger partial charge is 0.134 e. The van der Waals surface area contributed by atoms with E-state index in [-0.39, 0.29) is 6.61 Å². The molecular weight excluding hydrogens is 166 g/mol. The zero-order chi connectivity index (χ0) is 9.26. The van der Waals surface area contributed by atoms with Gasteiger partial charge in [-0.15, -0.1) is 0 Å². The lowest BCUT2D eigenvalue weighted by Gasteiger charge is -2.01. The average molecular weight is 175 g/mol. The third kappa shape index (κ3) is 1.31. The summed E-state index contributed by atoms with van der Waals surface area (Å²) in [5.74, 6) is 0.445. The van der Waals surface area contributed by atoms with Gasteiger partial charge in [-0.1, -0.05) is 6.07 Å². The van der Waals surface area contributed by atoms with Gasteiger partial charge in [-0.2, -0.15) is 0 Å². The van der Waals surface area contributed by atoms with E-state index in [0.717, 1.165) is 16.5 Å². The van der Waals surface area contributed by atoms with Gasteiger partial charge in [-0.05, 0) is 17.7 Å². The molecule has 0 unspecified atom stereocenters. The summed E-state index contributed by atoms with van der Waals surface area (Å²) in [6.07, 6.45) is 1.43. The maximum Gasteiger partial charge on any atom is 0.134 e. The maximum atomic E-state index is 8.91. The van der Waals surface area contributed by atoms with Crippen LogP contribution < -0.4 is 5.73 Å². The molecule has 66 valence electrons. The molecule has 0 radical (unpaired) electrons. The molecule has 4 nitrogen and oxygen atoms in total. The van der Waals surface area contributed by atoms with Crippen LogP contribution in [-0.4, -0.2) is 15.1 Å². The lowest BCUT2D eigenvalue weighted by Crippen LogP contribution is -1.94. The molecule has 4 heteroatoms. The Morgan fingerprint density at radius 2 is 2.15 bits per heavy atom. The summed E-state index contributed by atoms with van der Waals surface area (Å²) >= 11 is 0. The number of hydrogen-bond donors (Lipinski definition) is 2. The fraction of sp³-hybridized carbons (Fsp3) is 0.111. The summed E-state index contributed by atoms with van der Waals surface area (Å²) < 4.78 is 0. The molecule has 1 aromatic carbocycles. The van der Waals surface area contributed by atoms with E-state index in [1.807, 2.05) is 12.1 Å². The van der Waals surface area contributed by atoms with E-state index in [4.69, 9.17) is 10.8 Å². The van der Waals surface area contributed by atoms with E-state index in [1.54, 1.807) is 6.07 Å². The first-order chi connectivity index (χ1) is 6.31. The fourth-order valence-corrected chi connectivity index (χ4v) is 1.22. The van der Waals surface area contributed by atoms with Gasteiger partial charge in [-0.3, -0.25) is 0 Å². The molecule has 0 amide bonds. The van der Waals surface area contributed by atoms with E-state index in [1.165, 1.54) is 6.33 Å². The second-order valence-electron chi connectivity index (χ2n) is 2.77. The highest BCUT2D eigenvalue weighted by atomic mass is 16.3. The van der Waals surface area contributed by atoms with Crippen LogP contribution >= 0.6 is 0 Å². The van der Waals surface area contributed by atoms with Crippen LogP contribution in [0.15, 0.2) is 24.5 Å². The summed E-state index contributed by atoms with van der Waals surface area (Å²) in [7, 11) is 0. The number of hydrogen-bond acceptors (Lipinski definition) is 4. The Bertz CT molecular complexity index is 442. The third-order valence-electron chi connectivity index (χ3n) is 1.91. The number of benzene rings is 1. The normalized spacial score (nSPS) is 10.5. The summed E-state index contributed by atoms with van der Waals surface area (Å²) in [5, 5.41) is 9.69. The lowest BCUT2D eigenvalue weighted by atomic mass is 10.1. The van der Waals surface area contributed by atoms with Crippen molar-refractivity contribution in [2.45, 2.75) is 6.61 Å². The predicted molar refractivity (Wildman–Crippen MR) is 49.9 cm³/mol. The molecule has 0 fully saturated rings. The van der Waals surface area contributed by atoms with Gasteiger partial charge in [0.25, 0.3) is 0 Å². The van der Waals surface area contributed by atoms with Crippen molar-refractivity contribution in [3.8, 4) is 0 Å². The topological polar surface area (TPSA) is 72.0 Å². The summed E-state index contributed by atoms with van der Waals surface area (Å²) in [4.78, 5) is 7.91. The minimum Gasteiger partial charge on any atom is -0.392 e. The van der Waals surface area contributed by atoms with Gasteiger partial charge in [0.2, 0.25) is 0 Å². The molecule has 0 saturated heterocycles. The van der Waals surface area contributed by atoms with Crippen LogP contribution in [0.4, 0.5) is 5.82 Å². The molecule has 13 heavy (non-hydrogen) atoms. The van der Waals surface area contributed by atoms with Crippen LogP contribution in [0.1, 0.15) is 5.56 Å². The number of aliphatic hydroxyl groups is 1. The van der Waals surface area contributed by atoms with Crippen LogP contribution in [0.25, 0.3) is 10.9 Å². The highest BCUT2D eigenvalue weighted by Crippen LogP contribution is 2.17. The summed E-state index contributed by atoms with van der Waals surface area (Å²) in [6, 6.07) is 5.43. The van der Waals surface area contributed by atoms with Gasteiger partial charge < -0.3 is 10.8 Å². The fourth-order valence-electron chi connectivity index (χ4n) is 1.22. The highest BCUT2D eigenvalue weighted by Gasteiger charge is 2.00. The standard InChI is InChI=1S/C9H9N3O/c10-9-7-3-6(4-13)1-2-8(7)11-5-12-9/h1-3,5,13H,4H2,(H2,10,11,12). The second-order valence-corrected chi connectivity index (χ2v) is 2.77. The molecule has 1 aromatic heterocycles. The first-order valence-electron chi connectivity index (χ1n) is 3.91. The molecule has 0 bridgehead atoms. The minimum absolute atomic E-state index is 0.00424. The molecule has 2 aromatic rings. The van der Waals surface area contributed by atoms with Crippen LogP contribution in [0.3, 0.4) is 0 Å². The Balaban J connectivity index is 2.74. The second kappa shape index (κ2) is 2.99. The molecule has 0 saturated carbocycles. The number of nitrogens with zero attached hydrogens (tertiary/aromatic N) is 2. The zero-order valence-corrected chi connectivity index (χ0v) is 6.94. The maximum absolute atomic E-state index is 8.91.